The van der Waals surface area contributed by atoms with Crippen molar-refractivity contribution in [3.63, 3.8) is 0 Å². The summed E-state index contributed by atoms with van der Waals surface area (Å²) >= 11 is 3.37. The highest BCUT2D eigenvalue weighted by Crippen LogP contribution is 2.37. The van der Waals surface area contributed by atoms with Crippen LogP contribution in [0.15, 0.2) is 87.8 Å². The predicted molar refractivity (Wildman–Crippen MR) is 124 cm³/mol. The van der Waals surface area contributed by atoms with Crippen LogP contribution in [0.3, 0.4) is 0 Å². The van der Waals surface area contributed by atoms with E-state index in [0.29, 0.717) is 28.0 Å². The number of ether oxygens (including phenoxy) is 1. The quantitative estimate of drug-likeness (QED) is 0.270. The van der Waals surface area contributed by atoms with Gasteiger partial charge in [-0.15, -0.1) is 0 Å². The summed E-state index contributed by atoms with van der Waals surface area (Å²) in [5.41, 5.74) is 2.04. The number of fused-ring (bicyclic) bond motifs is 1. The van der Waals surface area contributed by atoms with Crippen molar-refractivity contribution >= 4 is 50.4 Å². The highest BCUT2D eigenvalue weighted by atomic mass is 79.9. The predicted octanol–water partition coefficient (Wildman–Crippen LogP) is 6.09. The third-order valence-electron chi connectivity index (χ3n) is 4.69. The van der Waals surface area contributed by atoms with E-state index >= 15 is 0 Å². The number of nitrogens with one attached hydrogen (secondary N) is 1. The number of benzene rings is 3. The number of halogens is 1. The number of ketones is 1. The molecule has 0 aliphatic heterocycles. The Morgan fingerprint density at radius 3 is 2.42 bits per heavy atom. The Bertz CT molecular complexity index is 1270. The third-order valence-corrected chi connectivity index (χ3v) is 5.22. The van der Waals surface area contributed by atoms with Gasteiger partial charge >= 0.3 is 0 Å². The summed E-state index contributed by atoms with van der Waals surface area (Å²) in [5.74, 6) is -0.196. The normalized spacial score (nSPS) is 11.0. The van der Waals surface area contributed by atoms with Crippen molar-refractivity contribution in [2.75, 3.05) is 12.4 Å². The van der Waals surface area contributed by atoms with Crippen LogP contribution in [0, 0.1) is 0 Å². The van der Waals surface area contributed by atoms with Gasteiger partial charge in [-0.05, 0) is 48.0 Å². The zero-order valence-corrected chi connectivity index (χ0v) is 18.2. The first-order valence-corrected chi connectivity index (χ1v) is 10.3. The maximum Gasteiger partial charge on any atom is 0.248 e. The fourth-order valence-corrected chi connectivity index (χ4v) is 3.44. The van der Waals surface area contributed by atoms with Crippen LogP contribution < -0.4 is 10.1 Å². The Balaban J connectivity index is 1.74. The highest BCUT2D eigenvalue weighted by molar-refractivity contribution is 9.10. The molecule has 0 saturated heterocycles. The van der Waals surface area contributed by atoms with Crippen LogP contribution in [0.25, 0.3) is 17.0 Å². The number of carbonyl (C=O) groups is 2. The zero-order chi connectivity index (χ0) is 21.8. The molecule has 1 N–H and O–H groups in total. The second kappa shape index (κ2) is 9.02. The Morgan fingerprint density at radius 2 is 1.71 bits per heavy atom. The topological polar surface area (TPSA) is 68.5 Å². The molecule has 3 aromatic carbocycles. The summed E-state index contributed by atoms with van der Waals surface area (Å²) in [6, 6.07) is 21.7. The molecule has 0 aliphatic rings. The van der Waals surface area contributed by atoms with Crippen molar-refractivity contribution in [2.45, 2.75) is 0 Å². The van der Waals surface area contributed by atoms with E-state index in [4.69, 9.17) is 9.15 Å². The molecule has 154 valence electrons. The van der Waals surface area contributed by atoms with Crippen LogP contribution in [-0.4, -0.2) is 18.8 Å². The molecule has 1 heterocycles. The summed E-state index contributed by atoms with van der Waals surface area (Å²) in [7, 11) is 1.52. The van der Waals surface area contributed by atoms with Crippen LogP contribution in [-0.2, 0) is 4.79 Å². The van der Waals surface area contributed by atoms with E-state index in [0.717, 1.165) is 10.0 Å². The highest BCUT2D eigenvalue weighted by Gasteiger charge is 2.24. The van der Waals surface area contributed by atoms with Crippen LogP contribution >= 0.6 is 15.9 Å². The van der Waals surface area contributed by atoms with Crippen molar-refractivity contribution in [2.24, 2.45) is 0 Å². The maximum atomic E-state index is 13.2. The molecule has 1 aromatic heterocycles. The standard InChI is InChI=1S/C25H18BrNO4/c1-30-20-9-5-8-19-22(27-21(28)15-10-16-6-3-2-4-7-16)25(31-24(19)20)23(29)17-11-13-18(26)14-12-17/h2-15H,1H3,(H,27,28)/b15-10+. The molecule has 4 aromatic rings. The van der Waals surface area contributed by atoms with E-state index in [1.54, 1.807) is 48.5 Å². The number of amides is 1. The molecule has 0 atom stereocenters. The Kier molecular flexibility index (Phi) is 6.00. The summed E-state index contributed by atoms with van der Waals surface area (Å²) in [6.07, 6.45) is 3.12. The Labute approximate surface area is 187 Å². The van der Waals surface area contributed by atoms with Crippen molar-refractivity contribution < 1.29 is 18.7 Å². The minimum Gasteiger partial charge on any atom is -0.493 e. The van der Waals surface area contributed by atoms with E-state index < -0.39 is 0 Å². The lowest BCUT2D eigenvalue weighted by Crippen LogP contribution is -2.11. The van der Waals surface area contributed by atoms with Crippen LogP contribution in [0.2, 0.25) is 0 Å². The van der Waals surface area contributed by atoms with Crippen molar-refractivity contribution in [1.29, 1.82) is 0 Å². The number of anilines is 1. The van der Waals surface area contributed by atoms with E-state index in [-0.39, 0.29) is 17.5 Å². The number of rotatable bonds is 6. The minimum absolute atomic E-state index is 0.0447. The Hall–Kier alpha value is -3.64. The number of hydrogen-bond acceptors (Lipinski definition) is 4. The van der Waals surface area contributed by atoms with Crippen molar-refractivity contribution in [3.8, 4) is 5.75 Å². The SMILES string of the molecule is COc1cccc2c(NC(=O)/C=C/c3ccccc3)c(C(=O)c3ccc(Br)cc3)oc12. The monoisotopic (exact) mass is 475 g/mol. The van der Waals surface area contributed by atoms with Gasteiger partial charge in [0.25, 0.3) is 0 Å². The van der Waals surface area contributed by atoms with Crippen LogP contribution in [0.4, 0.5) is 5.69 Å². The molecule has 0 radical (unpaired) electrons. The van der Waals surface area contributed by atoms with Gasteiger partial charge in [0.2, 0.25) is 11.7 Å². The zero-order valence-electron chi connectivity index (χ0n) is 16.6. The van der Waals surface area contributed by atoms with Gasteiger partial charge in [-0.2, -0.15) is 0 Å². The van der Waals surface area contributed by atoms with Gasteiger partial charge in [0.15, 0.2) is 17.1 Å². The van der Waals surface area contributed by atoms with Crippen molar-refractivity contribution in [3.05, 3.63) is 100 Å². The molecule has 0 fully saturated rings. The molecule has 4 rings (SSSR count). The fourth-order valence-electron chi connectivity index (χ4n) is 3.17. The van der Waals surface area contributed by atoms with Crippen LogP contribution in [0.1, 0.15) is 21.7 Å². The summed E-state index contributed by atoms with van der Waals surface area (Å²) < 4.78 is 12.1. The Morgan fingerprint density at radius 1 is 0.968 bits per heavy atom. The molecule has 0 unspecified atom stereocenters. The summed E-state index contributed by atoms with van der Waals surface area (Å²) in [4.78, 5) is 25.8. The van der Waals surface area contributed by atoms with E-state index in [1.807, 2.05) is 30.3 Å². The second-order valence-corrected chi connectivity index (χ2v) is 7.63. The number of carbonyl (C=O) groups excluding carboxylic acids is 2. The summed E-state index contributed by atoms with van der Waals surface area (Å²) in [6.45, 7) is 0. The second-order valence-electron chi connectivity index (χ2n) is 6.71. The molecule has 0 aliphatic carbocycles. The van der Waals surface area contributed by atoms with Gasteiger partial charge in [0.1, 0.15) is 0 Å². The first kappa shape index (κ1) is 20.6. The number of para-hydroxylation sites is 1. The molecule has 1 amide bonds. The first-order chi connectivity index (χ1) is 15.1. The molecule has 0 bridgehead atoms. The first-order valence-electron chi connectivity index (χ1n) is 9.50. The average molecular weight is 476 g/mol. The van der Waals surface area contributed by atoms with E-state index in [2.05, 4.69) is 21.2 Å². The van der Waals surface area contributed by atoms with Gasteiger partial charge in [-0.3, -0.25) is 9.59 Å². The van der Waals surface area contributed by atoms with E-state index in [9.17, 15) is 9.59 Å². The molecule has 0 spiro atoms. The molecule has 31 heavy (non-hydrogen) atoms. The average Bonchev–Trinajstić information content (AvgIpc) is 3.17. The third kappa shape index (κ3) is 4.44. The van der Waals surface area contributed by atoms with Gasteiger partial charge in [-0.1, -0.05) is 52.3 Å². The maximum absolute atomic E-state index is 13.2. The lowest BCUT2D eigenvalue weighted by Gasteiger charge is -2.04. The largest absolute Gasteiger partial charge is 0.493 e. The van der Waals surface area contributed by atoms with Gasteiger partial charge in [0, 0.05) is 21.5 Å². The number of furan rings is 1. The summed E-state index contributed by atoms with van der Waals surface area (Å²) in [5, 5.41) is 3.40. The van der Waals surface area contributed by atoms with Gasteiger partial charge in [0.05, 0.1) is 12.8 Å². The van der Waals surface area contributed by atoms with Gasteiger partial charge < -0.3 is 14.5 Å². The number of hydrogen-bond donors (Lipinski definition) is 1. The minimum atomic E-state index is -0.376. The fraction of sp³-hybridized carbons (Fsp3) is 0.0400. The smallest absolute Gasteiger partial charge is 0.248 e. The molecular weight excluding hydrogens is 458 g/mol. The number of methoxy groups -OCH3 is 1. The molecule has 5 nitrogen and oxygen atoms in total. The lowest BCUT2D eigenvalue weighted by molar-refractivity contribution is -0.111. The van der Waals surface area contributed by atoms with Crippen LogP contribution in [0.5, 0.6) is 5.75 Å². The van der Waals surface area contributed by atoms with E-state index in [1.165, 1.54) is 13.2 Å². The van der Waals surface area contributed by atoms with Crippen molar-refractivity contribution in [1.82, 2.24) is 0 Å². The molecule has 0 saturated carbocycles. The lowest BCUT2D eigenvalue weighted by atomic mass is 10.1. The molecular formula is C25H18BrNO4. The molecule has 6 heteroatoms. The van der Waals surface area contributed by atoms with Gasteiger partial charge in [-0.25, -0.2) is 0 Å².